The molecular formula is C14H15FN4O. The number of benzene rings is 1. The van der Waals surface area contributed by atoms with E-state index < -0.39 is 0 Å². The number of aryl methyl sites for hydroxylation is 2. The third-order valence-electron chi connectivity index (χ3n) is 3.25. The second-order valence-corrected chi connectivity index (χ2v) is 4.81. The van der Waals surface area contributed by atoms with Crippen molar-refractivity contribution < 1.29 is 9.18 Å². The molecular weight excluding hydrogens is 259 g/mol. The molecule has 0 bridgehead atoms. The maximum absolute atomic E-state index is 12.8. The zero-order valence-corrected chi connectivity index (χ0v) is 11.1. The zero-order valence-electron chi connectivity index (χ0n) is 11.1. The van der Waals surface area contributed by atoms with E-state index in [9.17, 15) is 9.18 Å². The number of nitrogens with zero attached hydrogens (tertiary/aromatic N) is 3. The zero-order chi connectivity index (χ0) is 14.1. The van der Waals surface area contributed by atoms with Gasteiger partial charge in [-0.2, -0.15) is 5.10 Å². The number of carbonyl (C=O) groups excluding carboxylic acids is 1. The third kappa shape index (κ3) is 2.36. The average molecular weight is 274 g/mol. The monoisotopic (exact) mass is 274 g/mol. The van der Waals surface area contributed by atoms with Gasteiger partial charge in [-0.25, -0.2) is 13.9 Å². The van der Waals surface area contributed by atoms with Gasteiger partial charge in [-0.05, 0) is 37.6 Å². The highest BCUT2D eigenvalue weighted by molar-refractivity contribution is 6.01. The van der Waals surface area contributed by atoms with Crippen LogP contribution in [0.4, 0.5) is 20.7 Å². The fourth-order valence-corrected chi connectivity index (χ4v) is 2.34. The summed E-state index contributed by atoms with van der Waals surface area (Å²) in [6.45, 7) is 3.38. The van der Waals surface area contributed by atoms with Gasteiger partial charge in [0, 0.05) is 24.8 Å². The number of hydrogen-bond donors (Lipinski definition) is 1. The van der Waals surface area contributed by atoms with Gasteiger partial charge in [-0.3, -0.25) is 4.90 Å². The summed E-state index contributed by atoms with van der Waals surface area (Å²) in [6.07, 6.45) is 0.866. The Morgan fingerprint density at radius 1 is 1.30 bits per heavy atom. The summed E-state index contributed by atoms with van der Waals surface area (Å²) in [4.78, 5) is 14.0. The molecule has 5 nitrogen and oxygen atoms in total. The van der Waals surface area contributed by atoms with Gasteiger partial charge in [0.15, 0.2) is 0 Å². The van der Waals surface area contributed by atoms with Crippen LogP contribution < -0.4 is 10.2 Å². The molecule has 1 N–H and O–H groups in total. The summed E-state index contributed by atoms with van der Waals surface area (Å²) in [5, 5.41) is 7.12. The van der Waals surface area contributed by atoms with Crippen LogP contribution in [0.2, 0.25) is 0 Å². The number of rotatable bonds is 1. The molecule has 2 heterocycles. The van der Waals surface area contributed by atoms with Crippen LogP contribution in [0.1, 0.15) is 12.1 Å². The minimum absolute atomic E-state index is 0.225. The van der Waals surface area contributed by atoms with E-state index in [0.717, 1.165) is 24.5 Å². The lowest BCUT2D eigenvalue weighted by molar-refractivity contribution is 0.255. The van der Waals surface area contributed by atoms with Crippen LogP contribution >= 0.6 is 0 Å². The lowest BCUT2D eigenvalue weighted by Gasteiger charge is -2.27. The summed E-state index contributed by atoms with van der Waals surface area (Å²) >= 11 is 0. The molecule has 1 aliphatic rings. The SMILES string of the molecule is Cc1cc2n(n1)CCCN2C(=O)Nc1ccc(F)cc1. The number of aromatic nitrogens is 2. The summed E-state index contributed by atoms with van der Waals surface area (Å²) < 4.78 is 14.7. The Kier molecular flexibility index (Phi) is 3.14. The molecule has 0 atom stereocenters. The van der Waals surface area contributed by atoms with Crippen LogP contribution in [-0.4, -0.2) is 22.4 Å². The van der Waals surface area contributed by atoms with Crippen molar-refractivity contribution in [3.05, 3.63) is 41.8 Å². The van der Waals surface area contributed by atoms with E-state index >= 15 is 0 Å². The van der Waals surface area contributed by atoms with E-state index in [1.165, 1.54) is 12.1 Å². The first-order chi connectivity index (χ1) is 9.63. The Morgan fingerprint density at radius 3 is 2.80 bits per heavy atom. The molecule has 0 radical (unpaired) electrons. The Morgan fingerprint density at radius 2 is 2.05 bits per heavy atom. The standard InChI is InChI=1S/C14H15FN4O/c1-10-9-13-18(7-2-8-19(13)17-10)14(20)16-12-5-3-11(15)4-6-12/h3-6,9H,2,7-8H2,1H3,(H,16,20). The van der Waals surface area contributed by atoms with Crippen molar-refractivity contribution in [3.63, 3.8) is 0 Å². The number of anilines is 2. The molecule has 1 aromatic heterocycles. The van der Waals surface area contributed by atoms with E-state index in [-0.39, 0.29) is 11.8 Å². The molecule has 0 aliphatic carbocycles. The molecule has 0 spiro atoms. The minimum atomic E-state index is -0.324. The highest BCUT2D eigenvalue weighted by Gasteiger charge is 2.23. The maximum Gasteiger partial charge on any atom is 0.327 e. The van der Waals surface area contributed by atoms with Crippen molar-refractivity contribution in [2.75, 3.05) is 16.8 Å². The predicted octanol–water partition coefficient (Wildman–Crippen LogP) is 2.77. The lowest BCUT2D eigenvalue weighted by atomic mass is 10.3. The van der Waals surface area contributed by atoms with Crippen molar-refractivity contribution in [1.29, 1.82) is 0 Å². The van der Waals surface area contributed by atoms with Crippen LogP contribution in [-0.2, 0) is 6.54 Å². The smallest absolute Gasteiger partial charge is 0.308 e. The van der Waals surface area contributed by atoms with Crippen LogP contribution in [0.5, 0.6) is 0 Å². The van der Waals surface area contributed by atoms with E-state index in [1.807, 2.05) is 17.7 Å². The average Bonchev–Trinajstić information content (AvgIpc) is 2.81. The van der Waals surface area contributed by atoms with Gasteiger partial charge < -0.3 is 5.32 Å². The number of fused-ring (bicyclic) bond motifs is 1. The van der Waals surface area contributed by atoms with Gasteiger partial charge in [-0.15, -0.1) is 0 Å². The molecule has 1 aromatic carbocycles. The Balaban J connectivity index is 1.79. The molecule has 104 valence electrons. The van der Waals surface area contributed by atoms with E-state index in [2.05, 4.69) is 10.4 Å². The van der Waals surface area contributed by atoms with Crippen LogP contribution in [0.25, 0.3) is 0 Å². The molecule has 2 aromatic rings. The minimum Gasteiger partial charge on any atom is -0.308 e. The summed E-state index contributed by atoms with van der Waals surface area (Å²) in [5.41, 5.74) is 1.46. The van der Waals surface area contributed by atoms with Gasteiger partial charge in [0.25, 0.3) is 0 Å². The van der Waals surface area contributed by atoms with Crippen LogP contribution in [0.3, 0.4) is 0 Å². The molecule has 0 saturated carbocycles. The molecule has 2 amide bonds. The van der Waals surface area contributed by atoms with E-state index in [1.54, 1.807) is 17.0 Å². The molecule has 6 heteroatoms. The van der Waals surface area contributed by atoms with Gasteiger partial charge in [0.05, 0.1) is 5.69 Å². The van der Waals surface area contributed by atoms with Gasteiger partial charge in [0.1, 0.15) is 11.6 Å². The van der Waals surface area contributed by atoms with Crippen molar-refractivity contribution in [1.82, 2.24) is 9.78 Å². The number of urea groups is 1. The van der Waals surface area contributed by atoms with Crippen LogP contribution in [0.15, 0.2) is 30.3 Å². The fourth-order valence-electron chi connectivity index (χ4n) is 2.34. The number of halogens is 1. The van der Waals surface area contributed by atoms with Crippen molar-refractivity contribution in [2.45, 2.75) is 19.9 Å². The Hall–Kier alpha value is -2.37. The van der Waals surface area contributed by atoms with Crippen molar-refractivity contribution in [2.24, 2.45) is 0 Å². The number of hydrogen-bond acceptors (Lipinski definition) is 2. The first kappa shape index (κ1) is 12.7. The Bertz CT molecular complexity index is 635. The predicted molar refractivity (Wildman–Crippen MR) is 74.3 cm³/mol. The fraction of sp³-hybridized carbons (Fsp3) is 0.286. The summed E-state index contributed by atoms with van der Waals surface area (Å²) in [5.74, 6) is 0.475. The molecule has 0 saturated heterocycles. The van der Waals surface area contributed by atoms with E-state index in [4.69, 9.17) is 0 Å². The number of nitrogens with one attached hydrogen (secondary N) is 1. The summed E-state index contributed by atoms with van der Waals surface area (Å²) in [6, 6.07) is 7.39. The molecule has 20 heavy (non-hydrogen) atoms. The highest BCUT2D eigenvalue weighted by atomic mass is 19.1. The molecule has 1 aliphatic heterocycles. The first-order valence-electron chi connectivity index (χ1n) is 6.52. The second-order valence-electron chi connectivity index (χ2n) is 4.81. The highest BCUT2D eigenvalue weighted by Crippen LogP contribution is 2.22. The van der Waals surface area contributed by atoms with Gasteiger partial charge >= 0.3 is 6.03 Å². The second kappa shape index (κ2) is 4.96. The largest absolute Gasteiger partial charge is 0.327 e. The topological polar surface area (TPSA) is 50.2 Å². The van der Waals surface area contributed by atoms with Crippen molar-refractivity contribution >= 4 is 17.5 Å². The normalized spacial score (nSPS) is 14.0. The maximum atomic E-state index is 12.8. The van der Waals surface area contributed by atoms with Gasteiger partial charge in [0.2, 0.25) is 0 Å². The molecule has 3 rings (SSSR count). The first-order valence-corrected chi connectivity index (χ1v) is 6.52. The third-order valence-corrected chi connectivity index (χ3v) is 3.25. The van der Waals surface area contributed by atoms with Gasteiger partial charge in [-0.1, -0.05) is 0 Å². The van der Waals surface area contributed by atoms with E-state index in [0.29, 0.717) is 12.2 Å². The van der Waals surface area contributed by atoms with Crippen LogP contribution in [0, 0.1) is 12.7 Å². The lowest BCUT2D eigenvalue weighted by Crippen LogP contribution is -2.40. The summed E-state index contributed by atoms with van der Waals surface area (Å²) in [7, 11) is 0. The molecule has 0 unspecified atom stereocenters. The number of amides is 2. The quantitative estimate of drug-likeness (QED) is 0.869. The van der Waals surface area contributed by atoms with Crippen molar-refractivity contribution in [3.8, 4) is 0 Å². The number of carbonyl (C=O) groups is 1. The molecule has 0 fully saturated rings. The Labute approximate surface area is 116 Å².